The van der Waals surface area contributed by atoms with Gasteiger partial charge in [0.05, 0.1) is 12.1 Å². The lowest BCUT2D eigenvalue weighted by atomic mass is 10.0. The molecule has 0 unspecified atom stereocenters. The fourth-order valence-corrected chi connectivity index (χ4v) is 4.53. The van der Waals surface area contributed by atoms with Crippen molar-refractivity contribution in [2.45, 2.75) is 26.3 Å². The Bertz CT molecular complexity index is 1220. The smallest absolute Gasteiger partial charge is 0.273 e. The second-order valence-electron chi connectivity index (χ2n) is 7.12. The third kappa shape index (κ3) is 3.99. The molecule has 0 aliphatic carbocycles. The van der Waals surface area contributed by atoms with E-state index < -0.39 is 0 Å². The zero-order chi connectivity index (χ0) is 20.5. The fraction of sp³-hybridized carbons (Fsp3) is 0.238. The van der Waals surface area contributed by atoms with Crippen LogP contribution in [0.3, 0.4) is 0 Å². The molecule has 0 fully saturated rings. The number of aromatic nitrogens is 3. The Morgan fingerprint density at radius 3 is 2.62 bits per heavy atom. The number of H-pyrrole nitrogens is 1. The predicted molar refractivity (Wildman–Crippen MR) is 118 cm³/mol. The van der Waals surface area contributed by atoms with Crippen molar-refractivity contribution in [2.24, 2.45) is 0 Å². The van der Waals surface area contributed by atoms with Crippen molar-refractivity contribution in [1.29, 1.82) is 0 Å². The van der Waals surface area contributed by atoms with Crippen molar-refractivity contribution in [3.05, 3.63) is 68.5 Å². The fourth-order valence-electron chi connectivity index (χ4n) is 3.00. The van der Waals surface area contributed by atoms with Crippen LogP contribution in [0.15, 0.2) is 45.9 Å². The zero-order valence-corrected chi connectivity index (χ0v) is 17.9. The van der Waals surface area contributed by atoms with E-state index in [9.17, 15) is 9.59 Å². The van der Waals surface area contributed by atoms with Crippen LogP contribution in [0.5, 0.6) is 0 Å². The number of amides is 1. The van der Waals surface area contributed by atoms with Crippen molar-refractivity contribution in [1.82, 2.24) is 19.9 Å². The first kappa shape index (κ1) is 19.5. The second-order valence-corrected chi connectivity index (χ2v) is 8.90. The van der Waals surface area contributed by atoms with Gasteiger partial charge >= 0.3 is 0 Å². The number of aromatic amines is 1. The van der Waals surface area contributed by atoms with E-state index in [1.54, 1.807) is 18.5 Å². The summed E-state index contributed by atoms with van der Waals surface area (Å²) in [4.78, 5) is 38.1. The van der Waals surface area contributed by atoms with Gasteiger partial charge < -0.3 is 9.88 Å². The van der Waals surface area contributed by atoms with Gasteiger partial charge in [0.2, 0.25) is 0 Å². The number of carbonyl (C=O) groups excluding carboxylic acids is 1. The number of hydrogen-bond donors (Lipinski definition) is 1. The Hall–Kier alpha value is -2.84. The zero-order valence-electron chi connectivity index (χ0n) is 16.3. The van der Waals surface area contributed by atoms with Gasteiger partial charge in [-0.3, -0.25) is 9.59 Å². The van der Waals surface area contributed by atoms with E-state index in [0.717, 1.165) is 10.6 Å². The Labute approximate surface area is 175 Å². The minimum absolute atomic E-state index is 0.179. The van der Waals surface area contributed by atoms with Crippen molar-refractivity contribution < 1.29 is 4.79 Å². The van der Waals surface area contributed by atoms with Crippen LogP contribution < -0.4 is 5.56 Å². The van der Waals surface area contributed by atoms with Crippen LogP contribution in [0.4, 0.5) is 0 Å². The van der Waals surface area contributed by atoms with Gasteiger partial charge in [-0.25, -0.2) is 9.97 Å². The highest BCUT2D eigenvalue weighted by Gasteiger charge is 2.18. The SMILES string of the molecule is CC(C)c1ccc(-c2nc(C(=O)N(C)Cc3nc4ccsc4c(=O)[nH]3)cs2)cc1. The molecule has 8 heteroatoms. The van der Waals surface area contributed by atoms with Gasteiger partial charge in [-0.15, -0.1) is 22.7 Å². The van der Waals surface area contributed by atoms with Gasteiger partial charge in [0, 0.05) is 18.0 Å². The van der Waals surface area contributed by atoms with Crippen molar-refractivity contribution in [2.75, 3.05) is 7.05 Å². The van der Waals surface area contributed by atoms with Gasteiger partial charge in [-0.2, -0.15) is 0 Å². The van der Waals surface area contributed by atoms with E-state index in [1.807, 2.05) is 17.5 Å². The maximum Gasteiger partial charge on any atom is 0.273 e. The molecule has 4 aromatic rings. The number of thiophene rings is 1. The first-order valence-electron chi connectivity index (χ1n) is 9.20. The van der Waals surface area contributed by atoms with Crippen molar-refractivity contribution in [3.63, 3.8) is 0 Å². The Morgan fingerprint density at radius 2 is 1.90 bits per heavy atom. The van der Waals surface area contributed by atoms with E-state index in [4.69, 9.17) is 0 Å². The molecule has 4 rings (SSSR count). The van der Waals surface area contributed by atoms with Gasteiger partial charge in [0.25, 0.3) is 11.5 Å². The first-order valence-corrected chi connectivity index (χ1v) is 11.0. The first-order chi connectivity index (χ1) is 13.9. The van der Waals surface area contributed by atoms with Crippen LogP contribution in [0, 0.1) is 0 Å². The molecule has 0 aliphatic heterocycles. The Balaban J connectivity index is 1.51. The molecule has 0 radical (unpaired) electrons. The predicted octanol–water partition coefficient (Wildman–Crippen LogP) is 4.50. The highest BCUT2D eigenvalue weighted by Crippen LogP contribution is 2.26. The van der Waals surface area contributed by atoms with Gasteiger partial charge in [0.15, 0.2) is 0 Å². The maximum atomic E-state index is 12.8. The molecule has 1 amide bonds. The van der Waals surface area contributed by atoms with Crippen LogP contribution in [0.2, 0.25) is 0 Å². The van der Waals surface area contributed by atoms with Crippen LogP contribution >= 0.6 is 22.7 Å². The maximum absolute atomic E-state index is 12.8. The Morgan fingerprint density at radius 1 is 1.14 bits per heavy atom. The molecule has 0 aliphatic rings. The summed E-state index contributed by atoms with van der Waals surface area (Å²) in [7, 11) is 1.68. The molecule has 3 heterocycles. The minimum atomic E-state index is -0.209. The van der Waals surface area contributed by atoms with E-state index in [1.165, 1.54) is 33.1 Å². The molecule has 3 aromatic heterocycles. The number of rotatable bonds is 5. The summed E-state index contributed by atoms with van der Waals surface area (Å²) in [5.41, 5.74) is 3.12. The molecular formula is C21H20N4O2S2. The van der Waals surface area contributed by atoms with Crippen molar-refractivity contribution in [3.8, 4) is 10.6 Å². The normalized spacial score (nSPS) is 11.3. The largest absolute Gasteiger partial charge is 0.333 e. The molecule has 6 nitrogen and oxygen atoms in total. The highest BCUT2D eigenvalue weighted by atomic mass is 32.1. The minimum Gasteiger partial charge on any atom is -0.333 e. The number of fused-ring (bicyclic) bond motifs is 1. The number of nitrogens with one attached hydrogen (secondary N) is 1. The summed E-state index contributed by atoms with van der Waals surface area (Å²) in [6, 6.07) is 10.1. The molecule has 0 saturated carbocycles. The van der Waals surface area contributed by atoms with Crippen LogP contribution in [0.1, 0.15) is 41.6 Å². The average Bonchev–Trinajstić information content (AvgIpc) is 3.37. The molecule has 29 heavy (non-hydrogen) atoms. The number of nitrogens with zero attached hydrogens (tertiary/aromatic N) is 3. The Kier molecular flexibility index (Phi) is 5.29. The van der Waals surface area contributed by atoms with Gasteiger partial charge in [-0.1, -0.05) is 38.1 Å². The monoisotopic (exact) mass is 424 g/mol. The van der Waals surface area contributed by atoms with Crippen molar-refractivity contribution >= 4 is 38.8 Å². The molecule has 0 saturated heterocycles. The molecule has 148 valence electrons. The average molecular weight is 425 g/mol. The number of carbonyl (C=O) groups is 1. The van der Waals surface area contributed by atoms with Crippen LogP contribution in [0.25, 0.3) is 20.8 Å². The molecule has 0 spiro atoms. The summed E-state index contributed by atoms with van der Waals surface area (Å²) in [5.74, 6) is 0.718. The second kappa shape index (κ2) is 7.88. The molecule has 0 atom stereocenters. The van der Waals surface area contributed by atoms with Crippen LogP contribution in [-0.2, 0) is 6.54 Å². The summed E-state index contributed by atoms with van der Waals surface area (Å²) in [6.45, 7) is 4.52. The lowest BCUT2D eigenvalue weighted by Gasteiger charge is -2.15. The van der Waals surface area contributed by atoms with E-state index in [2.05, 4.69) is 40.9 Å². The summed E-state index contributed by atoms with van der Waals surface area (Å²) in [5, 5.41) is 4.40. The summed E-state index contributed by atoms with van der Waals surface area (Å²) < 4.78 is 0.593. The molecule has 1 N–H and O–H groups in total. The van der Waals surface area contributed by atoms with E-state index in [0.29, 0.717) is 27.7 Å². The standard InChI is InChI=1S/C21H20N4O2S2/c1-12(2)13-4-6-14(7-5-13)20-23-16(11-29-20)21(27)25(3)10-17-22-15-8-9-28-18(15)19(26)24-17/h4-9,11-12H,10H2,1-3H3,(H,22,24,26). The molecular weight excluding hydrogens is 404 g/mol. The topological polar surface area (TPSA) is 79.0 Å². The lowest BCUT2D eigenvalue weighted by molar-refractivity contribution is 0.0776. The van der Waals surface area contributed by atoms with E-state index in [-0.39, 0.29) is 18.0 Å². The molecule has 1 aromatic carbocycles. The van der Waals surface area contributed by atoms with Gasteiger partial charge in [0.1, 0.15) is 21.2 Å². The lowest BCUT2D eigenvalue weighted by Crippen LogP contribution is -2.28. The summed E-state index contributed by atoms with van der Waals surface area (Å²) in [6.07, 6.45) is 0. The quantitative estimate of drug-likeness (QED) is 0.511. The highest BCUT2D eigenvalue weighted by molar-refractivity contribution is 7.17. The number of hydrogen-bond acceptors (Lipinski definition) is 6. The van der Waals surface area contributed by atoms with Crippen LogP contribution in [-0.4, -0.2) is 32.8 Å². The number of thiazole rings is 1. The third-order valence-electron chi connectivity index (χ3n) is 4.65. The number of benzene rings is 1. The van der Waals surface area contributed by atoms with Gasteiger partial charge in [-0.05, 0) is 22.9 Å². The molecule has 0 bridgehead atoms. The summed E-state index contributed by atoms with van der Waals surface area (Å²) >= 11 is 2.80. The third-order valence-corrected chi connectivity index (χ3v) is 6.44. The van der Waals surface area contributed by atoms with E-state index >= 15 is 0 Å².